The van der Waals surface area contributed by atoms with Crippen LogP contribution in [0.25, 0.3) is 11.4 Å². The molecule has 7 heteroatoms. The van der Waals surface area contributed by atoms with E-state index in [1.165, 1.54) is 0 Å². The van der Waals surface area contributed by atoms with Gasteiger partial charge in [-0.1, -0.05) is 24.3 Å². The standard InChI is InChI=1S/C19H20N4O2S/c1-13(2)25-17-9-5-7-15(11-17)18-21-22-19(26)23(18)20-12-14-6-4-8-16(10-14)24-3/h4-13H,1-3H3,(H,22,26)/b20-12-. The number of hydrogen-bond acceptors (Lipinski definition) is 5. The fourth-order valence-electron chi connectivity index (χ4n) is 2.41. The Bertz CT molecular complexity index is 975. The van der Waals surface area contributed by atoms with Gasteiger partial charge in [-0.05, 0) is 55.9 Å². The van der Waals surface area contributed by atoms with Gasteiger partial charge in [0, 0.05) is 5.56 Å². The highest BCUT2D eigenvalue weighted by Gasteiger charge is 2.09. The van der Waals surface area contributed by atoms with Gasteiger partial charge in [-0.2, -0.15) is 14.9 Å². The van der Waals surface area contributed by atoms with Crippen molar-refractivity contribution in [3.05, 3.63) is 58.9 Å². The lowest BCUT2D eigenvalue weighted by molar-refractivity contribution is 0.242. The third-order valence-corrected chi connectivity index (χ3v) is 3.79. The molecule has 0 spiro atoms. The number of aromatic nitrogens is 3. The van der Waals surface area contributed by atoms with Gasteiger partial charge >= 0.3 is 0 Å². The minimum absolute atomic E-state index is 0.0946. The number of benzene rings is 2. The number of nitrogens with one attached hydrogen (secondary N) is 1. The van der Waals surface area contributed by atoms with Crippen molar-refractivity contribution in [1.29, 1.82) is 0 Å². The Hall–Kier alpha value is -2.93. The molecule has 0 unspecified atom stereocenters. The van der Waals surface area contributed by atoms with E-state index >= 15 is 0 Å². The molecule has 26 heavy (non-hydrogen) atoms. The fourth-order valence-corrected chi connectivity index (χ4v) is 2.59. The van der Waals surface area contributed by atoms with E-state index in [2.05, 4.69) is 15.3 Å². The predicted octanol–water partition coefficient (Wildman–Crippen LogP) is 4.29. The molecular weight excluding hydrogens is 348 g/mol. The number of rotatable bonds is 6. The number of aromatic amines is 1. The van der Waals surface area contributed by atoms with Gasteiger partial charge < -0.3 is 9.47 Å². The largest absolute Gasteiger partial charge is 0.497 e. The molecule has 1 aromatic heterocycles. The zero-order chi connectivity index (χ0) is 18.5. The summed E-state index contributed by atoms with van der Waals surface area (Å²) in [4.78, 5) is 0. The van der Waals surface area contributed by atoms with Crippen LogP contribution in [-0.4, -0.2) is 34.3 Å². The van der Waals surface area contributed by atoms with E-state index < -0.39 is 0 Å². The first-order valence-corrected chi connectivity index (χ1v) is 8.60. The van der Waals surface area contributed by atoms with E-state index in [0.717, 1.165) is 22.6 Å². The van der Waals surface area contributed by atoms with Gasteiger partial charge in [0.2, 0.25) is 4.77 Å². The van der Waals surface area contributed by atoms with E-state index in [-0.39, 0.29) is 6.10 Å². The first kappa shape index (κ1) is 17.9. The number of methoxy groups -OCH3 is 1. The molecule has 1 N–H and O–H groups in total. The summed E-state index contributed by atoms with van der Waals surface area (Å²) in [6.45, 7) is 3.97. The Labute approximate surface area is 157 Å². The molecule has 0 aliphatic heterocycles. The zero-order valence-corrected chi connectivity index (χ0v) is 15.7. The van der Waals surface area contributed by atoms with Crippen LogP contribution in [0.3, 0.4) is 0 Å². The van der Waals surface area contributed by atoms with Crippen molar-refractivity contribution in [1.82, 2.24) is 14.9 Å². The van der Waals surface area contributed by atoms with Gasteiger partial charge in [0.1, 0.15) is 11.5 Å². The van der Waals surface area contributed by atoms with Crippen LogP contribution in [-0.2, 0) is 0 Å². The maximum absolute atomic E-state index is 5.75. The SMILES string of the molecule is COc1cccc(/C=N\n2c(-c3cccc(OC(C)C)c3)n[nH]c2=S)c1. The van der Waals surface area contributed by atoms with E-state index in [4.69, 9.17) is 21.7 Å². The Balaban J connectivity index is 1.94. The summed E-state index contributed by atoms with van der Waals surface area (Å²) in [5, 5.41) is 11.6. The molecule has 0 aliphatic rings. The summed E-state index contributed by atoms with van der Waals surface area (Å²) < 4.78 is 13.0. The maximum Gasteiger partial charge on any atom is 0.216 e. The average molecular weight is 368 g/mol. The summed E-state index contributed by atoms with van der Waals surface area (Å²) in [6.07, 6.45) is 1.81. The second-order valence-corrected chi connectivity index (χ2v) is 6.27. The molecule has 0 aliphatic carbocycles. The van der Waals surface area contributed by atoms with Gasteiger partial charge in [-0.3, -0.25) is 0 Å². The van der Waals surface area contributed by atoms with E-state index in [9.17, 15) is 0 Å². The number of H-pyrrole nitrogens is 1. The van der Waals surface area contributed by atoms with Crippen molar-refractivity contribution in [2.45, 2.75) is 20.0 Å². The summed E-state index contributed by atoms with van der Waals surface area (Å²) in [7, 11) is 1.63. The van der Waals surface area contributed by atoms with Crippen LogP contribution < -0.4 is 9.47 Å². The summed E-state index contributed by atoms with van der Waals surface area (Å²) in [5.41, 5.74) is 1.76. The third kappa shape index (κ3) is 4.18. The Morgan fingerprint density at radius 2 is 1.92 bits per heavy atom. The molecule has 3 aromatic rings. The van der Waals surface area contributed by atoms with E-state index in [1.807, 2.05) is 62.4 Å². The number of nitrogens with zero attached hydrogens (tertiary/aromatic N) is 3. The first-order chi connectivity index (χ1) is 12.6. The lowest BCUT2D eigenvalue weighted by Crippen LogP contribution is -2.05. The van der Waals surface area contributed by atoms with Gasteiger partial charge in [-0.25, -0.2) is 5.10 Å². The Kier molecular flexibility index (Phi) is 5.48. The maximum atomic E-state index is 5.75. The van der Waals surface area contributed by atoms with Gasteiger partial charge in [0.15, 0.2) is 5.82 Å². The molecule has 3 rings (SSSR count). The minimum Gasteiger partial charge on any atom is -0.497 e. The Morgan fingerprint density at radius 1 is 1.15 bits per heavy atom. The first-order valence-electron chi connectivity index (χ1n) is 8.20. The summed E-state index contributed by atoms with van der Waals surface area (Å²) in [6, 6.07) is 15.3. The average Bonchev–Trinajstić information content (AvgIpc) is 3.00. The van der Waals surface area contributed by atoms with Crippen LogP contribution in [0.2, 0.25) is 0 Å². The molecular formula is C19H20N4O2S. The molecule has 6 nitrogen and oxygen atoms in total. The van der Waals surface area contributed by atoms with Gasteiger partial charge in [0.25, 0.3) is 0 Å². The highest BCUT2D eigenvalue weighted by atomic mass is 32.1. The number of ether oxygens (including phenoxy) is 2. The molecule has 1 heterocycles. The molecule has 0 saturated carbocycles. The molecule has 0 radical (unpaired) electrons. The van der Waals surface area contributed by atoms with Crippen LogP contribution in [0.4, 0.5) is 0 Å². The molecule has 134 valence electrons. The molecule has 0 fully saturated rings. The van der Waals surface area contributed by atoms with Crippen molar-refractivity contribution in [3.8, 4) is 22.9 Å². The van der Waals surface area contributed by atoms with Crippen LogP contribution in [0.1, 0.15) is 19.4 Å². The minimum atomic E-state index is 0.0946. The van der Waals surface area contributed by atoms with Gasteiger partial charge in [0.05, 0.1) is 19.4 Å². The molecule has 2 aromatic carbocycles. The molecule has 0 amide bonds. The van der Waals surface area contributed by atoms with Crippen molar-refractivity contribution in [2.75, 3.05) is 7.11 Å². The van der Waals surface area contributed by atoms with Crippen molar-refractivity contribution in [2.24, 2.45) is 5.10 Å². The van der Waals surface area contributed by atoms with E-state index in [0.29, 0.717) is 10.6 Å². The molecule has 0 bridgehead atoms. The zero-order valence-electron chi connectivity index (χ0n) is 14.8. The van der Waals surface area contributed by atoms with Crippen molar-refractivity contribution < 1.29 is 9.47 Å². The predicted molar refractivity (Wildman–Crippen MR) is 105 cm³/mol. The molecule has 0 atom stereocenters. The highest BCUT2D eigenvalue weighted by molar-refractivity contribution is 7.71. The number of hydrogen-bond donors (Lipinski definition) is 1. The smallest absolute Gasteiger partial charge is 0.216 e. The third-order valence-electron chi connectivity index (χ3n) is 3.53. The second kappa shape index (κ2) is 7.97. The van der Waals surface area contributed by atoms with Crippen LogP contribution >= 0.6 is 12.2 Å². The topological polar surface area (TPSA) is 64.4 Å². The van der Waals surface area contributed by atoms with E-state index in [1.54, 1.807) is 18.0 Å². The fraction of sp³-hybridized carbons (Fsp3) is 0.211. The second-order valence-electron chi connectivity index (χ2n) is 5.88. The quantitative estimate of drug-likeness (QED) is 0.521. The Morgan fingerprint density at radius 3 is 2.69 bits per heavy atom. The normalized spacial score (nSPS) is 11.2. The lowest BCUT2D eigenvalue weighted by Gasteiger charge is -2.10. The van der Waals surface area contributed by atoms with Crippen LogP contribution in [0.15, 0.2) is 53.6 Å². The van der Waals surface area contributed by atoms with Crippen molar-refractivity contribution >= 4 is 18.4 Å². The van der Waals surface area contributed by atoms with Gasteiger partial charge in [-0.15, -0.1) is 0 Å². The highest BCUT2D eigenvalue weighted by Crippen LogP contribution is 2.23. The summed E-state index contributed by atoms with van der Waals surface area (Å²) in [5.74, 6) is 2.15. The van der Waals surface area contributed by atoms with Crippen LogP contribution in [0.5, 0.6) is 11.5 Å². The van der Waals surface area contributed by atoms with Crippen LogP contribution in [0, 0.1) is 4.77 Å². The lowest BCUT2D eigenvalue weighted by atomic mass is 10.2. The monoisotopic (exact) mass is 368 g/mol. The van der Waals surface area contributed by atoms with Crippen molar-refractivity contribution in [3.63, 3.8) is 0 Å². The molecule has 0 saturated heterocycles. The summed E-state index contributed by atoms with van der Waals surface area (Å²) >= 11 is 5.31.